The van der Waals surface area contributed by atoms with Gasteiger partial charge in [0.2, 0.25) is 5.91 Å². The maximum atomic E-state index is 12.2. The van der Waals surface area contributed by atoms with E-state index in [0.29, 0.717) is 17.7 Å². The second kappa shape index (κ2) is 4.45. The summed E-state index contributed by atoms with van der Waals surface area (Å²) in [4.78, 5) is 16.8. The van der Waals surface area contributed by atoms with E-state index >= 15 is 0 Å². The zero-order valence-corrected chi connectivity index (χ0v) is 11.3. The Labute approximate surface area is 109 Å². The summed E-state index contributed by atoms with van der Waals surface area (Å²) in [7, 11) is 0. The van der Waals surface area contributed by atoms with Crippen LogP contribution in [0.15, 0.2) is 23.9 Å². The molecular formula is C15H22N2O. The predicted octanol–water partition coefficient (Wildman–Crippen LogP) is 1.88. The minimum atomic E-state index is 0.125. The molecular weight excluding hydrogens is 224 g/mol. The molecule has 0 aliphatic carbocycles. The fraction of sp³-hybridized carbons (Fsp3) is 0.667. The molecule has 2 unspecified atom stereocenters. The van der Waals surface area contributed by atoms with E-state index in [2.05, 4.69) is 28.0 Å². The van der Waals surface area contributed by atoms with Crippen molar-refractivity contribution in [2.45, 2.75) is 20.3 Å². The highest BCUT2D eigenvalue weighted by molar-refractivity contribution is 5.78. The maximum absolute atomic E-state index is 12.2. The Balaban J connectivity index is 1.79. The Morgan fingerprint density at radius 1 is 1.33 bits per heavy atom. The lowest BCUT2D eigenvalue weighted by molar-refractivity contribution is -0.138. The smallest absolute Gasteiger partial charge is 0.225 e. The highest BCUT2D eigenvalue weighted by Crippen LogP contribution is 2.36. The molecule has 2 atom stereocenters. The summed E-state index contributed by atoms with van der Waals surface area (Å²) >= 11 is 0. The first-order chi connectivity index (χ1) is 8.65. The normalized spacial score (nSPS) is 30.3. The molecule has 3 rings (SSSR count). The van der Waals surface area contributed by atoms with Crippen LogP contribution in [0.3, 0.4) is 0 Å². The first kappa shape index (κ1) is 11.8. The van der Waals surface area contributed by atoms with Crippen LogP contribution < -0.4 is 0 Å². The second-order valence-corrected chi connectivity index (χ2v) is 6.12. The van der Waals surface area contributed by atoms with Gasteiger partial charge in [0, 0.05) is 43.7 Å². The largest absolute Gasteiger partial charge is 0.370 e. The van der Waals surface area contributed by atoms with Gasteiger partial charge in [-0.3, -0.25) is 4.79 Å². The lowest BCUT2D eigenvalue weighted by atomic mass is 9.81. The number of amides is 1. The molecule has 0 aromatic heterocycles. The van der Waals surface area contributed by atoms with Crippen molar-refractivity contribution < 1.29 is 4.79 Å². The molecule has 3 aliphatic heterocycles. The molecule has 3 nitrogen and oxygen atoms in total. The van der Waals surface area contributed by atoms with Gasteiger partial charge in [-0.25, -0.2) is 0 Å². The first-order valence-corrected chi connectivity index (χ1v) is 7.05. The Kier molecular flexibility index (Phi) is 2.92. The van der Waals surface area contributed by atoms with E-state index in [0.717, 1.165) is 26.2 Å². The number of hydrogen-bond acceptors (Lipinski definition) is 2. The molecule has 0 saturated carbocycles. The average Bonchev–Trinajstić information content (AvgIpc) is 2.37. The highest BCUT2D eigenvalue weighted by atomic mass is 16.2. The summed E-state index contributed by atoms with van der Waals surface area (Å²) in [5.74, 6) is 1.67. The van der Waals surface area contributed by atoms with Crippen LogP contribution in [0.1, 0.15) is 20.3 Å². The topological polar surface area (TPSA) is 23.6 Å². The lowest BCUT2D eigenvalue weighted by Crippen LogP contribution is -2.54. The van der Waals surface area contributed by atoms with Gasteiger partial charge in [-0.1, -0.05) is 26.0 Å². The van der Waals surface area contributed by atoms with Crippen LogP contribution in [0.25, 0.3) is 0 Å². The summed E-state index contributed by atoms with van der Waals surface area (Å²) in [6, 6.07) is 0. The lowest BCUT2D eigenvalue weighted by Gasteiger charge is -2.49. The van der Waals surface area contributed by atoms with E-state index in [4.69, 9.17) is 0 Å². The van der Waals surface area contributed by atoms with Gasteiger partial charge in [-0.2, -0.15) is 0 Å². The van der Waals surface area contributed by atoms with E-state index < -0.39 is 0 Å². The molecule has 2 saturated heterocycles. The Morgan fingerprint density at radius 3 is 2.94 bits per heavy atom. The van der Waals surface area contributed by atoms with E-state index in [-0.39, 0.29) is 5.92 Å². The number of carbonyl (C=O) groups excluding carboxylic acids is 1. The SMILES string of the molecule is CC(C)C(=O)N1CC2CC(C1)C1=CC=CCN1C2. The van der Waals surface area contributed by atoms with E-state index in [1.54, 1.807) is 0 Å². The summed E-state index contributed by atoms with van der Waals surface area (Å²) in [5, 5.41) is 0. The Hall–Kier alpha value is -1.25. The van der Waals surface area contributed by atoms with Crippen molar-refractivity contribution >= 4 is 5.91 Å². The van der Waals surface area contributed by atoms with Crippen molar-refractivity contribution in [1.82, 2.24) is 9.80 Å². The molecule has 2 fully saturated rings. The molecule has 18 heavy (non-hydrogen) atoms. The van der Waals surface area contributed by atoms with Gasteiger partial charge in [-0.05, 0) is 18.4 Å². The monoisotopic (exact) mass is 246 g/mol. The summed E-state index contributed by atoms with van der Waals surface area (Å²) in [6.07, 6.45) is 7.89. The number of likely N-dealkylation sites (tertiary alicyclic amines) is 1. The van der Waals surface area contributed by atoms with Crippen LogP contribution in [0.2, 0.25) is 0 Å². The third-order valence-corrected chi connectivity index (χ3v) is 4.33. The van der Waals surface area contributed by atoms with Crippen molar-refractivity contribution in [1.29, 1.82) is 0 Å². The van der Waals surface area contributed by atoms with Gasteiger partial charge in [0.05, 0.1) is 0 Å². The summed E-state index contributed by atoms with van der Waals surface area (Å²) in [6.45, 7) is 8.06. The number of allylic oxidation sites excluding steroid dienone is 2. The Bertz CT molecular complexity index is 411. The standard InChI is InChI=1S/C15H22N2O/c1-11(2)15(18)17-9-12-7-13(10-17)14-5-3-4-6-16(14)8-12/h3-5,11-13H,6-10H2,1-2H3. The van der Waals surface area contributed by atoms with Crippen molar-refractivity contribution in [2.24, 2.45) is 17.8 Å². The van der Waals surface area contributed by atoms with Gasteiger partial charge in [0.25, 0.3) is 0 Å². The van der Waals surface area contributed by atoms with Gasteiger partial charge in [-0.15, -0.1) is 0 Å². The number of rotatable bonds is 1. The quantitative estimate of drug-likeness (QED) is 0.705. The fourth-order valence-electron chi connectivity index (χ4n) is 3.55. The van der Waals surface area contributed by atoms with E-state index in [1.807, 2.05) is 13.8 Å². The molecule has 3 heterocycles. The number of carbonyl (C=O) groups is 1. The van der Waals surface area contributed by atoms with Crippen molar-refractivity contribution in [3.63, 3.8) is 0 Å². The third-order valence-electron chi connectivity index (χ3n) is 4.33. The van der Waals surface area contributed by atoms with E-state index in [1.165, 1.54) is 12.1 Å². The minimum absolute atomic E-state index is 0.125. The predicted molar refractivity (Wildman–Crippen MR) is 71.8 cm³/mol. The molecule has 98 valence electrons. The zero-order valence-electron chi connectivity index (χ0n) is 11.3. The molecule has 0 radical (unpaired) electrons. The molecule has 3 aliphatic rings. The summed E-state index contributed by atoms with van der Waals surface area (Å²) in [5.41, 5.74) is 1.45. The molecule has 3 heteroatoms. The van der Waals surface area contributed by atoms with Crippen LogP contribution in [0, 0.1) is 17.8 Å². The van der Waals surface area contributed by atoms with Crippen LogP contribution >= 0.6 is 0 Å². The fourth-order valence-corrected chi connectivity index (χ4v) is 3.55. The molecule has 0 aromatic carbocycles. The average molecular weight is 246 g/mol. The van der Waals surface area contributed by atoms with E-state index in [9.17, 15) is 4.79 Å². The van der Waals surface area contributed by atoms with Crippen molar-refractivity contribution in [2.75, 3.05) is 26.2 Å². The highest BCUT2D eigenvalue weighted by Gasteiger charge is 2.38. The van der Waals surface area contributed by atoms with Crippen molar-refractivity contribution in [3.8, 4) is 0 Å². The third kappa shape index (κ3) is 1.96. The zero-order chi connectivity index (χ0) is 12.7. The van der Waals surface area contributed by atoms with Gasteiger partial charge >= 0.3 is 0 Å². The molecule has 0 N–H and O–H groups in total. The van der Waals surface area contributed by atoms with Gasteiger partial charge in [0.15, 0.2) is 0 Å². The second-order valence-electron chi connectivity index (χ2n) is 6.12. The number of fused-ring (bicyclic) bond motifs is 4. The van der Waals surface area contributed by atoms with Crippen LogP contribution in [-0.2, 0) is 4.79 Å². The van der Waals surface area contributed by atoms with Gasteiger partial charge < -0.3 is 9.80 Å². The molecule has 0 spiro atoms. The molecule has 2 bridgehead atoms. The first-order valence-electron chi connectivity index (χ1n) is 7.05. The van der Waals surface area contributed by atoms with Crippen LogP contribution in [0.5, 0.6) is 0 Å². The van der Waals surface area contributed by atoms with Crippen LogP contribution in [-0.4, -0.2) is 41.9 Å². The van der Waals surface area contributed by atoms with Crippen molar-refractivity contribution in [3.05, 3.63) is 23.9 Å². The molecule has 1 amide bonds. The van der Waals surface area contributed by atoms with Crippen LogP contribution in [0.4, 0.5) is 0 Å². The van der Waals surface area contributed by atoms with Gasteiger partial charge in [0.1, 0.15) is 0 Å². The maximum Gasteiger partial charge on any atom is 0.225 e. The number of hydrogen-bond donors (Lipinski definition) is 0. The number of piperidine rings is 2. The summed E-state index contributed by atoms with van der Waals surface area (Å²) < 4.78 is 0. The minimum Gasteiger partial charge on any atom is -0.370 e. The Morgan fingerprint density at radius 2 is 2.17 bits per heavy atom. The number of nitrogens with zero attached hydrogens (tertiary/aromatic N) is 2. The molecule has 0 aromatic rings.